The third-order valence-electron chi connectivity index (χ3n) is 1.69. The Labute approximate surface area is 86.6 Å². The smallest absolute Gasteiger partial charge is 0.303 e. The third-order valence-corrected chi connectivity index (χ3v) is 2.56. The molecule has 1 aromatic heterocycles. The van der Waals surface area contributed by atoms with Crippen molar-refractivity contribution >= 4 is 17.3 Å². The lowest BCUT2D eigenvalue weighted by atomic mass is 10.2. The number of aliphatic carboxylic acids is 1. The maximum atomic E-state index is 10.3. The second-order valence-corrected chi connectivity index (χ2v) is 3.86. The van der Waals surface area contributed by atoms with E-state index < -0.39 is 5.97 Å². The average molecular weight is 215 g/mol. The van der Waals surface area contributed by atoms with Crippen molar-refractivity contribution < 1.29 is 14.6 Å². The lowest BCUT2D eigenvalue weighted by Crippen LogP contribution is -1.96. The van der Waals surface area contributed by atoms with Crippen LogP contribution in [0.3, 0.4) is 0 Å². The molecule has 14 heavy (non-hydrogen) atoms. The molecular weight excluding hydrogens is 202 g/mol. The van der Waals surface area contributed by atoms with Gasteiger partial charge in [-0.25, -0.2) is 4.98 Å². The number of hydrogen-bond acceptors (Lipinski definition) is 4. The van der Waals surface area contributed by atoms with Gasteiger partial charge in [-0.15, -0.1) is 11.3 Å². The molecule has 5 heteroatoms. The minimum atomic E-state index is -0.752. The summed E-state index contributed by atoms with van der Waals surface area (Å²) < 4.78 is 4.94. The summed E-state index contributed by atoms with van der Waals surface area (Å²) in [7, 11) is 1.63. The molecule has 0 aliphatic heterocycles. The van der Waals surface area contributed by atoms with Crippen LogP contribution in [0.15, 0.2) is 5.38 Å². The first-order valence-electron chi connectivity index (χ1n) is 4.36. The predicted molar refractivity (Wildman–Crippen MR) is 53.4 cm³/mol. The number of hydrogen-bond donors (Lipinski definition) is 1. The molecule has 0 aliphatic rings. The average Bonchev–Trinajstić information content (AvgIpc) is 2.53. The van der Waals surface area contributed by atoms with Gasteiger partial charge in [0.1, 0.15) is 5.01 Å². The second kappa shape index (κ2) is 5.72. The van der Waals surface area contributed by atoms with Gasteiger partial charge in [-0.1, -0.05) is 0 Å². The van der Waals surface area contributed by atoms with Gasteiger partial charge in [0.15, 0.2) is 0 Å². The van der Waals surface area contributed by atoms with Crippen LogP contribution in [-0.2, 0) is 22.6 Å². The number of aryl methyl sites for hydroxylation is 1. The van der Waals surface area contributed by atoms with Crippen molar-refractivity contribution in [1.29, 1.82) is 0 Å². The van der Waals surface area contributed by atoms with Crippen molar-refractivity contribution in [2.24, 2.45) is 0 Å². The van der Waals surface area contributed by atoms with Crippen molar-refractivity contribution in [3.63, 3.8) is 0 Å². The molecule has 1 N–H and O–H groups in total. The molecule has 0 saturated heterocycles. The van der Waals surface area contributed by atoms with Gasteiger partial charge < -0.3 is 9.84 Å². The van der Waals surface area contributed by atoms with Crippen molar-refractivity contribution in [1.82, 2.24) is 4.98 Å². The highest BCUT2D eigenvalue weighted by atomic mass is 32.1. The Morgan fingerprint density at radius 3 is 3.14 bits per heavy atom. The standard InChI is InChI=1S/C9H13NO3S/c1-13-5-8-10-7(6-14-8)3-2-4-9(11)12/h6H,2-5H2,1H3,(H,11,12). The monoisotopic (exact) mass is 215 g/mol. The number of carbonyl (C=O) groups is 1. The first kappa shape index (κ1) is 11.1. The van der Waals surface area contributed by atoms with Gasteiger partial charge >= 0.3 is 5.97 Å². The van der Waals surface area contributed by atoms with E-state index in [1.165, 1.54) is 0 Å². The van der Waals surface area contributed by atoms with Crippen LogP contribution < -0.4 is 0 Å². The van der Waals surface area contributed by atoms with Crippen molar-refractivity contribution in [2.75, 3.05) is 7.11 Å². The minimum Gasteiger partial charge on any atom is -0.481 e. The fourth-order valence-corrected chi connectivity index (χ4v) is 1.87. The summed E-state index contributed by atoms with van der Waals surface area (Å²) in [5, 5.41) is 11.3. The zero-order chi connectivity index (χ0) is 10.4. The fraction of sp³-hybridized carbons (Fsp3) is 0.556. The molecule has 0 atom stereocenters. The summed E-state index contributed by atoms with van der Waals surface area (Å²) >= 11 is 1.55. The number of ether oxygens (including phenoxy) is 1. The lowest BCUT2D eigenvalue weighted by Gasteiger charge is -1.93. The number of carboxylic acids is 1. The van der Waals surface area contributed by atoms with Crippen LogP contribution in [0.2, 0.25) is 0 Å². The number of carboxylic acid groups (broad SMARTS) is 1. The molecule has 0 unspecified atom stereocenters. The van der Waals surface area contributed by atoms with E-state index in [0.717, 1.165) is 17.1 Å². The van der Waals surface area contributed by atoms with Gasteiger partial charge in [-0.3, -0.25) is 4.79 Å². The Morgan fingerprint density at radius 2 is 2.50 bits per heavy atom. The molecule has 0 bridgehead atoms. The largest absolute Gasteiger partial charge is 0.481 e. The van der Waals surface area contributed by atoms with Gasteiger partial charge in [0.05, 0.1) is 12.3 Å². The molecule has 0 saturated carbocycles. The lowest BCUT2D eigenvalue weighted by molar-refractivity contribution is -0.137. The van der Waals surface area contributed by atoms with E-state index >= 15 is 0 Å². The van der Waals surface area contributed by atoms with Crippen LogP contribution in [0.25, 0.3) is 0 Å². The van der Waals surface area contributed by atoms with E-state index in [2.05, 4.69) is 4.98 Å². The number of nitrogens with zero attached hydrogens (tertiary/aromatic N) is 1. The SMILES string of the molecule is COCc1nc(CCCC(=O)O)cs1. The van der Waals surface area contributed by atoms with Crippen LogP contribution in [0.5, 0.6) is 0 Å². The topological polar surface area (TPSA) is 59.4 Å². The molecule has 0 aliphatic carbocycles. The summed E-state index contributed by atoms with van der Waals surface area (Å²) in [6.07, 6.45) is 1.58. The number of rotatable bonds is 6. The van der Waals surface area contributed by atoms with Gasteiger partial charge in [-0.2, -0.15) is 0 Å². The molecular formula is C9H13NO3S. The maximum absolute atomic E-state index is 10.3. The second-order valence-electron chi connectivity index (χ2n) is 2.91. The number of thiazole rings is 1. The van der Waals surface area contributed by atoms with E-state index in [1.807, 2.05) is 5.38 Å². The van der Waals surface area contributed by atoms with E-state index in [4.69, 9.17) is 9.84 Å². The molecule has 0 spiro atoms. The molecule has 0 radical (unpaired) electrons. The van der Waals surface area contributed by atoms with Crippen LogP contribution in [0, 0.1) is 0 Å². The van der Waals surface area contributed by atoms with Crippen molar-refractivity contribution in [3.05, 3.63) is 16.1 Å². The Kier molecular flexibility index (Phi) is 4.55. The number of aromatic nitrogens is 1. The highest BCUT2D eigenvalue weighted by Crippen LogP contribution is 2.12. The Balaban J connectivity index is 2.32. The zero-order valence-corrected chi connectivity index (χ0v) is 8.84. The molecule has 0 amide bonds. The van der Waals surface area contributed by atoms with Crippen LogP contribution in [0.1, 0.15) is 23.5 Å². The first-order valence-corrected chi connectivity index (χ1v) is 5.24. The Bertz CT molecular complexity index is 298. The molecule has 78 valence electrons. The highest BCUT2D eigenvalue weighted by Gasteiger charge is 2.03. The molecule has 0 aromatic carbocycles. The Morgan fingerprint density at radius 1 is 1.71 bits per heavy atom. The third kappa shape index (κ3) is 3.85. The molecule has 1 heterocycles. The molecule has 0 fully saturated rings. The van der Waals surface area contributed by atoms with Crippen LogP contribution >= 0.6 is 11.3 Å². The number of methoxy groups -OCH3 is 1. The molecule has 1 rings (SSSR count). The van der Waals surface area contributed by atoms with E-state index in [-0.39, 0.29) is 6.42 Å². The fourth-order valence-electron chi connectivity index (χ4n) is 1.07. The van der Waals surface area contributed by atoms with E-state index in [0.29, 0.717) is 13.0 Å². The summed E-state index contributed by atoms with van der Waals surface area (Å²) in [6.45, 7) is 0.531. The van der Waals surface area contributed by atoms with E-state index in [9.17, 15) is 4.79 Å². The summed E-state index contributed by atoms with van der Waals surface area (Å²) in [5.41, 5.74) is 0.961. The van der Waals surface area contributed by atoms with Crippen molar-refractivity contribution in [3.8, 4) is 0 Å². The molecule has 1 aromatic rings. The summed E-state index contributed by atoms with van der Waals surface area (Å²) in [6, 6.07) is 0. The van der Waals surface area contributed by atoms with Gasteiger partial charge in [0.2, 0.25) is 0 Å². The predicted octanol–water partition coefficient (Wildman–Crippen LogP) is 1.70. The maximum Gasteiger partial charge on any atom is 0.303 e. The van der Waals surface area contributed by atoms with Crippen molar-refractivity contribution in [2.45, 2.75) is 25.9 Å². The van der Waals surface area contributed by atoms with Gasteiger partial charge in [0.25, 0.3) is 0 Å². The van der Waals surface area contributed by atoms with Gasteiger partial charge in [-0.05, 0) is 12.8 Å². The normalized spacial score (nSPS) is 10.4. The van der Waals surface area contributed by atoms with Gasteiger partial charge in [0, 0.05) is 18.9 Å². The zero-order valence-electron chi connectivity index (χ0n) is 8.02. The van der Waals surface area contributed by atoms with Crippen LogP contribution in [-0.4, -0.2) is 23.2 Å². The van der Waals surface area contributed by atoms with Crippen LogP contribution in [0.4, 0.5) is 0 Å². The quantitative estimate of drug-likeness (QED) is 0.784. The van der Waals surface area contributed by atoms with E-state index in [1.54, 1.807) is 18.4 Å². The first-order chi connectivity index (χ1) is 6.72. The minimum absolute atomic E-state index is 0.205. The summed E-state index contributed by atoms with van der Waals surface area (Å²) in [4.78, 5) is 14.6. The summed E-state index contributed by atoms with van der Waals surface area (Å²) in [5.74, 6) is -0.752. The highest BCUT2D eigenvalue weighted by molar-refractivity contribution is 7.09. The molecule has 4 nitrogen and oxygen atoms in total. The Hall–Kier alpha value is -0.940.